The lowest BCUT2D eigenvalue weighted by molar-refractivity contribution is -0.143. The normalized spacial score (nSPS) is 20.0. The summed E-state index contributed by atoms with van der Waals surface area (Å²) in [4.78, 5) is 30.3. The van der Waals surface area contributed by atoms with E-state index in [-0.39, 0.29) is 12.0 Å². The van der Waals surface area contributed by atoms with Crippen LogP contribution in [-0.2, 0) is 9.59 Å². The Balaban J connectivity index is 1.69. The Morgan fingerprint density at radius 1 is 1.21 bits per heavy atom. The Kier molecular flexibility index (Phi) is 4.60. The lowest BCUT2D eigenvalue weighted by atomic mass is 9.93. The Hall–Kier alpha value is -2.69. The van der Waals surface area contributed by atoms with E-state index < -0.39 is 11.8 Å². The number of aromatic nitrogens is 1. The number of aryl methyl sites for hydroxylation is 1. The smallest absolute Gasteiger partial charge is 0.313 e. The third-order valence-corrected chi connectivity index (χ3v) is 4.58. The van der Waals surface area contributed by atoms with E-state index in [1.54, 1.807) is 23.2 Å². The molecular formula is C19H21N3O2. The van der Waals surface area contributed by atoms with Crippen molar-refractivity contribution in [1.29, 1.82) is 0 Å². The van der Waals surface area contributed by atoms with E-state index in [4.69, 9.17) is 0 Å². The van der Waals surface area contributed by atoms with Gasteiger partial charge in [0.05, 0.1) is 11.9 Å². The van der Waals surface area contributed by atoms with E-state index >= 15 is 0 Å². The van der Waals surface area contributed by atoms with Crippen molar-refractivity contribution in [3.63, 3.8) is 0 Å². The van der Waals surface area contributed by atoms with Crippen molar-refractivity contribution in [3.8, 4) is 0 Å². The molecule has 1 saturated heterocycles. The number of likely N-dealkylation sites (tertiary alicyclic amines) is 1. The fourth-order valence-corrected chi connectivity index (χ4v) is 3.34. The van der Waals surface area contributed by atoms with E-state index in [1.165, 1.54) is 17.3 Å². The number of carbonyl (C=O) groups excluding carboxylic acids is 2. The Bertz CT molecular complexity index is 745. The van der Waals surface area contributed by atoms with Gasteiger partial charge in [-0.2, -0.15) is 0 Å². The van der Waals surface area contributed by atoms with Gasteiger partial charge >= 0.3 is 11.8 Å². The van der Waals surface area contributed by atoms with Crippen molar-refractivity contribution in [2.75, 3.05) is 11.9 Å². The van der Waals surface area contributed by atoms with Gasteiger partial charge in [-0.25, -0.2) is 0 Å². The first-order chi connectivity index (χ1) is 11.6. The van der Waals surface area contributed by atoms with Crippen LogP contribution in [0.5, 0.6) is 0 Å². The Morgan fingerprint density at radius 2 is 2.00 bits per heavy atom. The number of pyridine rings is 1. The lowest BCUT2D eigenvalue weighted by Gasteiger charge is -2.20. The highest BCUT2D eigenvalue weighted by Gasteiger charge is 2.36. The highest BCUT2D eigenvalue weighted by atomic mass is 16.2. The van der Waals surface area contributed by atoms with E-state index in [0.29, 0.717) is 12.2 Å². The summed E-state index contributed by atoms with van der Waals surface area (Å²) in [7, 11) is 0. The van der Waals surface area contributed by atoms with Gasteiger partial charge in [0.25, 0.3) is 0 Å². The molecule has 1 fully saturated rings. The van der Waals surface area contributed by atoms with Gasteiger partial charge in [-0.15, -0.1) is 0 Å². The average Bonchev–Trinajstić information content (AvgIpc) is 2.97. The molecule has 0 aliphatic carbocycles. The SMILES string of the molecule is Cc1ccccc1C1CC(C)N(C(=O)C(=O)Nc2cccnc2)C1. The van der Waals surface area contributed by atoms with E-state index in [2.05, 4.69) is 29.4 Å². The lowest BCUT2D eigenvalue weighted by Crippen LogP contribution is -2.41. The van der Waals surface area contributed by atoms with Gasteiger partial charge in [0, 0.05) is 24.7 Å². The second-order valence-electron chi connectivity index (χ2n) is 6.29. The molecule has 1 N–H and O–H groups in total. The summed E-state index contributed by atoms with van der Waals surface area (Å²) >= 11 is 0. The number of anilines is 1. The molecule has 2 unspecified atom stereocenters. The second kappa shape index (κ2) is 6.83. The molecule has 1 aromatic heterocycles. The van der Waals surface area contributed by atoms with Crippen LogP contribution in [0.4, 0.5) is 5.69 Å². The van der Waals surface area contributed by atoms with Crippen molar-refractivity contribution in [3.05, 3.63) is 59.9 Å². The van der Waals surface area contributed by atoms with Gasteiger partial charge in [0.15, 0.2) is 0 Å². The van der Waals surface area contributed by atoms with Gasteiger partial charge in [0.1, 0.15) is 0 Å². The summed E-state index contributed by atoms with van der Waals surface area (Å²) in [5.74, 6) is -0.820. The standard InChI is InChI=1S/C19H21N3O2/c1-13-6-3-4-8-17(13)15-10-14(2)22(12-15)19(24)18(23)21-16-7-5-9-20-11-16/h3-9,11,14-15H,10,12H2,1-2H3,(H,21,23). The van der Waals surface area contributed by atoms with Crippen molar-refractivity contribution in [2.45, 2.75) is 32.2 Å². The van der Waals surface area contributed by atoms with Crippen LogP contribution in [0.25, 0.3) is 0 Å². The fraction of sp³-hybridized carbons (Fsp3) is 0.316. The number of benzene rings is 1. The maximum absolute atomic E-state index is 12.5. The fourth-order valence-electron chi connectivity index (χ4n) is 3.34. The van der Waals surface area contributed by atoms with Crippen molar-refractivity contribution in [1.82, 2.24) is 9.88 Å². The van der Waals surface area contributed by atoms with Crippen molar-refractivity contribution < 1.29 is 9.59 Å². The zero-order valence-corrected chi connectivity index (χ0v) is 13.9. The molecule has 124 valence electrons. The summed E-state index contributed by atoms with van der Waals surface area (Å²) in [5.41, 5.74) is 3.01. The number of hydrogen-bond donors (Lipinski definition) is 1. The Morgan fingerprint density at radius 3 is 2.71 bits per heavy atom. The quantitative estimate of drug-likeness (QED) is 0.864. The predicted molar refractivity (Wildman–Crippen MR) is 92.6 cm³/mol. The topological polar surface area (TPSA) is 62.3 Å². The highest BCUT2D eigenvalue weighted by molar-refractivity contribution is 6.39. The first kappa shape index (κ1) is 16.2. The number of carbonyl (C=O) groups is 2. The van der Waals surface area contributed by atoms with Crippen LogP contribution in [-0.4, -0.2) is 34.3 Å². The molecule has 0 saturated carbocycles. The third-order valence-electron chi connectivity index (χ3n) is 4.58. The first-order valence-electron chi connectivity index (χ1n) is 8.13. The largest absolute Gasteiger partial charge is 0.331 e. The molecule has 0 spiro atoms. The minimum Gasteiger partial charge on any atom is -0.331 e. The molecule has 2 heterocycles. The molecule has 1 aliphatic rings. The molecular weight excluding hydrogens is 302 g/mol. The number of nitrogens with one attached hydrogen (secondary N) is 1. The predicted octanol–water partition coefficient (Wildman–Crippen LogP) is 2.73. The molecule has 5 nitrogen and oxygen atoms in total. The van der Waals surface area contributed by atoms with Crippen LogP contribution in [0.1, 0.15) is 30.4 Å². The molecule has 2 aromatic rings. The molecule has 3 rings (SSSR count). The molecule has 2 atom stereocenters. The van der Waals surface area contributed by atoms with Crippen LogP contribution in [0.2, 0.25) is 0 Å². The van der Waals surface area contributed by atoms with Crippen LogP contribution in [0.15, 0.2) is 48.8 Å². The van der Waals surface area contributed by atoms with E-state index in [9.17, 15) is 9.59 Å². The minimum absolute atomic E-state index is 0.0433. The average molecular weight is 323 g/mol. The number of hydrogen-bond acceptors (Lipinski definition) is 3. The zero-order chi connectivity index (χ0) is 17.1. The summed E-state index contributed by atoms with van der Waals surface area (Å²) in [6, 6.07) is 11.7. The van der Waals surface area contributed by atoms with Gasteiger partial charge in [-0.3, -0.25) is 14.6 Å². The molecule has 0 radical (unpaired) electrons. The summed E-state index contributed by atoms with van der Waals surface area (Å²) in [6.07, 6.45) is 4.01. The second-order valence-corrected chi connectivity index (χ2v) is 6.29. The summed E-state index contributed by atoms with van der Waals surface area (Å²) in [6.45, 7) is 4.65. The molecule has 5 heteroatoms. The van der Waals surface area contributed by atoms with Crippen molar-refractivity contribution in [2.24, 2.45) is 0 Å². The van der Waals surface area contributed by atoms with Crippen molar-refractivity contribution >= 4 is 17.5 Å². The van der Waals surface area contributed by atoms with Gasteiger partial charge < -0.3 is 10.2 Å². The van der Waals surface area contributed by atoms with Crippen LogP contribution >= 0.6 is 0 Å². The summed E-state index contributed by atoms with van der Waals surface area (Å²) < 4.78 is 0. The zero-order valence-electron chi connectivity index (χ0n) is 13.9. The number of amides is 2. The maximum Gasteiger partial charge on any atom is 0.313 e. The number of nitrogens with zero attached hydrogens (tertiary/aromatic N) is 2. The van der Waals surface area contributed by atoms with Crippen LogP contribution in [0.3, 0.4) is 0 Å². The maximum atomic E-state index is 12.5. The Labute approximate surface area is 141 Å². The first-order valence-corrected chi connectivity index (χ1v) is 8.13. The molecule has 0 bridgehead atoms. The van der Waals surface area contributed by atoms with Gasteiger partial charge in [0.2, 0.25) is 0 Å². The molecule has 1 aliphatic heterocycles. The third kappa shape index (κ3) is 3.30. The molecule has 24 heavy (non-hydrogen) atoms. The van der Waals surface area contributed by atoms with Crippen LogP contribution in [0, 0.1) is 6.92 Å². The monoisotopic (exact) mass is 323 g/mol. The van der Waals surface area contributed by atoms with E-state index in [1.807, 2.05) is 19.1 Å². The molecule has 2 amide bonds. The van der Waals surface area contributed by atoms with E-state index in [0.717, 1.165) is 6.42 Å². The summed E-state index contributed by atoms with van der Waals surface area (Å²) in [5, 5.41) is 2.61. The van der Waals surface area contributed by atoms with Gasteiger partial charge in [-0.05, 0) is 43.5 Å². The van der Waals surface area contributed by atoms with Crippen LogP contribution < -0.4 is 5.32 Å². The molecule has 1 aromatic carbocycles. The highest BCUT2D eigenvalue weighted by Crippen LogP contribution is 2.33. The number of rotatable bonds is 2. The minimum atomic E-state index is -0.611. The van der Waals surface area contributed by atoms with Gasteiger partial charge in [-0.1, -0.05) is 24.3 Å².